The Morgan fingerprint density at radius 3 is 1.64 bits per heavy atom. The summed E-state index contributed by atoms with van der Waals surface area (Å²) in [5.74, 6) is 0.753. The molecule has 4 nitrogen and oxygen atoms in total. The minimum atomic E-state index is -3.67. The van der Waals surface area contributed by atoms with Gasteiger partial charge in [-0.2, -0.15) is 8.42 Å². The van der Waals surface area contributed by atoms with Crippen molar-refractivity contribution in [3.63, 3.8) is 0 Å². The van der Waals surface area contributed by atoms with Crippen LogP contribution in [0.5, 0.6) is 0 Å². The summed E-state index contributed by atoms with van der Waals surface area (Å²) in [6.07, 6.45) is 15.8. The van der Waals surface area contributed by atoms with Crippen molar-refractivity contribution in [1.82, 2.24) is 0 Å². The van der Waals surface area contributed by atoms with Crippen LogP contribution in [-0.4, -0.2) is 25.3 Å². The van der Waals surface area contributed by atoms with Gasteiger partial charge in [0.15, 0.2) is 0 Å². The van der Waals surface area contributed by atoms with Gasteiger partial charge in [0.25, 0.3) is 10.1 Å². The Bertz CT molecular complexity index is 308. The van der Waals surface area contributed by atoms with Crippen LogP contribution in [0.3, 0.4) is 0 Å². The van der Waals surface area contributed by atoms with E-state index in [2.05, 4.69) is 20.8 Å². The van der Waals surface area contributed by atoms with Gasteiger partial charge in [-0.05, 0) is 18.8 Å². The van der Waals surface area contributed by atoms with Crippen LogP contribution in [0.2, 0.25) is 0 Å². The third-order valence-corrected chi connectivity index (χ3v) is 3.45. The first kappa shape index (κ1) is 24.1. The van der Waals surface area contributed by atoms with E-state index in [0.717, 1.165) is 5.92 Å². The van der Waals surface area contributed by atoms with Gasteiger partial charge in [0.1, 0.15) is 0 Å². The molecule has 5 heteroatoms. The quantitative estimate of drug-likeness (QED) is 0.396. The van der Waals surface area contributed by atoms with Gasteiger partial charge >= 0.3 is 0 Å². The maximum absolute atomic E-state index is 9.19. The zero-order chi connectivity index (χ0) is 17.4. The van der Waals surface area contributed by atoms with E-state index in [9.17, 15) is 8.42 Å². The summed E-state index contributed by atoms with van der Waals surface area (Å²) in [4.78, 5) is 0. The van der Waals surface area contributed by atoms with E-state index >= 15 is 0 Å². The molecule has 0 spiro atoms. The minimum Gasteiger partial charge on any atom is -0.328 e. The Hall–Kier alpha value is -0.130. The van der Waals surface area contributed by atoms with Crippen LogP contribution >= 0.6 is 0 Å². The highest BCUT2D eigenvalue weighted by Crippen LogP contribution is 2.13. The predicted molar refractivity (Wildman–Crippen MR) is 96.7 cm³/mol. The third-order valence-electron chi connectivity index (χ3n) is 3.45. The standard InChI is InChI=1S/C16H35N.CH4O3S/c1-4-5-6-7-8-9-10-11-12-13-16(17)14-15(2)3;1-5(2,3)4/h15-16H,4-14,17H2,1-3H3;1H3,(H,2,3,4). The fourth-order valence-electron chi connectivity index (χ4n) is 2.44. The van der Waals surface area contributed by atoms with Gasteiger partial charge in [0.2, 0.25) is 0 Å². The van der Waals surface area contributed by atoms with E-state index in [4.69, 9.17) is 10.3 Å². The molecule has 0 aromatic heterocycles. The summed E-state index contributed by atoms with van der Waals surface area (Å²) in [5.41, 5.74) is 6.07. The zero-order valence-electron chi connectivity index (χ0n) is 15.2. The molecule has 0 aliphatic carbocycles. The second-order valence-electron chi connectivity index (χ2n) is 6.74. The lowest BCUT2D eigenvalue weighted by molar-refractivity contribution is 0.450. The smallest absolute Gasteiger partial charge is 0.261 e. The van der Waals surface area contributed by atoms with Crippen molar-refractivity contribution in [2.75, 3.05) is 6.26 Å². The number of nitrogens with two attached hydrogens (primary N) is 1. The maximum atomic E-state index is 9.19. The first-order valence-corrected chi connectivity index (χ1v) is 10.7. The summed E-state index contributed by atoms with van der Waals surface area (Å²) in [6, 6.07) is 0.444. The molecular weight excluding hydrogens is 298 g/mol. The molecule has 22 heavy (non-hydrogen) atoms. The minimum absolute atomic E-state index is 0.444. The van der Waals surface area contributed by atoms with Crippen LogP contribution in [0.15, 0.2) is 0 Å². The topological polar surface area (TPSA) is 80.4 Å². The number of rotatable bonds is 12. The molecule has 0 aromatic rings. The molecule has 0 aliphatic rings. The SMILES string of the molecule is CCCCCCCCCCCC(N)CC(C)C.CS(=O)(=O)O. The van der Waals surface area contributed by atoms with E-state index in [1.54, 1.807) is 0 Å². The van der Waals surface area contributed by atoms with Crippen molar-refractivity contribution in [2.45, 2.75) is 97.4 Å². The Balaban J connectivity index is 0. The fraction of sp³-hybridized carbons (Fsp3) is 1.00. The molecule has 0 amide bonds. The average molecular weight is 338 g/mol. The van der Waals surface area contributed by atoms with Crippen molar-refractivity contribution >= 4 is 10.1 Å². The van der Waals surface area contributed by atoms with E-state index in [0.29, 0.717) is 12.3 Å². The van der Waals surface area contributed by atoms with Gasteiger partial charge < -0.3 is 5.73 Å². The highest BCUT2D eigenvalue weighted by Gasteiger charge is 2.04. The van der Waals surface area contributed by atoms with Gasteiger partial charge in [0, 0.05) is 6.04 Å². The molecule has 0 heterocycles. The lowest BCUT2D eigenvalue weighted by Crippen LogP contribution is -2.21. The second-order valence-corrected chi connectivity index (χ2v) is 8.21. The molecule has 0 saturated carbocycles. The van der Waals surface area contributed by atoms with Gasteiger partial charge in [-0.3, -0.25) is 4.55 Å². The third kappa shape index (κ3) is 32.0. The van der Waals surface area contributed by atoms with Gasteiger partial charge in [-0.15, -0.1) is 0 Å². The molecular formula is C17H39NO3S. The van der Waals surface area contributed by atoms with E-state index in [1.165, 1.54) is 70.6 Å². The first-order chi connectivity index (χ1) is 10.2. The molecule has 1 unspecified atom stereocenters. The Morgan fingerprint density at radius 1 is 0.909 bits per heavy atom. The summed E-state index contributed by atoms with van der Waals surface area (Å²) in [5, 5.41) is 0. The lowest BCUT2D eigenvalue weighted by Gasteiger charge is -2.13. The van der Waals surface area contributed by atoms with Crippen LogP contribution in [-0.2, 0) is 10.1 Å². The van der Waals surface area contributed by atoms with E-state index in [-0.39, 0.29) is 0 Å². The Kier molecular flexibility index (Phi) is 17.3. The predicted octanol–water partition coefficient (Wildman–Crippen LogP) is 4.78. The molecule has 0 saturated heterocycles. The first-order valence-electron chi connectivity index (χ1n) is 8.84. The average Bonchev–Trinajstić information content (AvgIpc) is 2.34. The van der Waals surface area contributed by atoms with Crippen molar-refractivity contribution < 1.29 is 13.0 Å². The molecule has 0 bridgehead atoms. The van der Waals surface area contributed by atoms with Crippen LogP contribution in [0.1, 0.15) is 91.4 Å². The van der Waals surface area contributed by atoms with Crippen molar-refractivity contribution in [3.8, 4) is 0 Å². The van der Waals surface area contributed by atoms with Crippen molar-refractivity contribution in [1.29, 1.82) is 0 Å². The maximum Gasteiger partial charge on any atom is 0.261 e. The number of hydrogen-bond acceptors (Lipinski definition) is 3. The Labute approximate surface area is 139 Å². The van der Waals surface area contributed by atoms with E-state index < -0.39 is 10.1 Å². The largest absolute Gasteiger partial charge is 0.328 e. The molecule has 3 N–H and O–H groups in total. The number of unbranched alkanes of at least 4 members (excludes halogenated alkanes) is 8. The Morgan fingerprint density at radius 2 is 1.27 bits per heavy atom. The fourth-order valence-corrected chi connectivity index (χ4v) is 2.44. The van der Waals surface area contributed by atoms with Gasteiger partial charge in [-0.1, -0.05) is 78.6 Å². The molecule has 0 aliphatic heterocycles. The summed E-state index contributed by atoms with van der Waals surface area (Å²) in [6.45, 7) is 6.80. The molecule has 1 atom stereocenters. The van der Waals surface area contributed by atoms with Gasteiger partial charge in [-0.25, -0.2) is 0 Å². The normalized spacial score (nSPS) is 12.9. The molecule has 0 aromatic carbocycles. The molecule has 0 rings (SSSR count). The van der Waals surface area contributed by atoms with Crippen LogP contribution in [0.4, 0.5) is 0 Å². The number of hydrogen-bond donors (Lipinski definition) is 2. The zero-order valence-corrected chi connectivity index (χ0v) is 16.0. The van der Waals surface area contributed by atoms with Crippen molar-refractivity contribution in [2.24, 2.45) is 11.7 Å². The molecule has 0 radical (unpaired) electrons. The highest BCUT2D eigenvalue weighted by atomic mass is 32.2. The lowest BCUT2D eigenvalue weighted by atomic mass is 9.98. The summed E-state index contributed by atoms with van der Waals surface area (Å²) in [7, 11) is -3.67. The second kappa shape index (κ2) is 15.8. The molecule has 136 valence electrons. The van der Waals surface area contributed by atoms with Gasteiger partial charge in [0.05, 0.1) is 6.26 Å². The van der Waals surface area contributed by atoms with Crippen molar-refractivity contribution in [3.05, 3.63) is 0 Å². The highest BCUT2D eigenvalue weighted by molar-refractivity contribution is 7.85. The summed E-state index contributed by atoms with van der Waals surface area (Å²) >= 11 is 0. The van der Waals surface area contributed by atoms with Crippen LogP contribution in [0.25, 0.3) is 0 Å². The van der Waals surface area contributed by atoms with Crippen LogP contribution in [0, 0.1) is 5.92 Å². The van der Waals surface area contributed by atoms with Crippen LogP contribution < -0.4 is 5.73 Å². The molecule has 0 fully saturated rings. The summed E-state index contributed by atoms with van der Waals surface area (Å²) < 4.78 is 25.9. The monoisotopic (exact) mass is 337 g/mol. The van der Waals surface area contributed by atoms with E-state index in [1.807, 2.05) is 0 Å².